The minimum Gasteiger partial charge on any atom is -0.321 e. The highest BCUT2D eigenvalue weighted by Gasteiger charge is 2.20. The molecule has 0 radical (unpaired) electrons. The maximum absolute atomic E-state index is 15.5. The van der Waals surface area contributed by atoms with Crippen molar-refractivity contribution in [2.24, 2.45) is 9.98 Å². The van der Waals surface area contributed by atoms with E-state index in [0.717, 1.165) is 11.1 Å². The number of aliphatic imine (C=N–C) groups is 2. The Hall–Kier alpha value is -3.98. The molecule has 9 heteroatoms. The molecular formula is C22H16FN7S. The molecule has 0 amide bonds. The van der Waals surface area contributed by atoms with Crippen molar-refractivity contribution in [1.82, 2.24) is 25.1 Å². The fourth-order valence-corrected chi connectivity index (χ4v) is 4.14. The Morgan fingerprint density at radius 3 is 2.97 bits per heavy atom. The van der Waals surface area contributed by atoms with Crippen LogP contribution in [-0.4, -0.2) is 38.2 Å². The molecule has 0 saturated carbocycles. The number of benzene rings is 1. The Kier molecular flexibility index (Phi) is 4.72. The molecule has 0 spiro atoms. The summed E-state index contributed by atoms with van der Waals surface area (Å²) in [7, 11) is 0. The third kappa shape index (κ3) is 3.24. The van der Waals surface area contributed by atoms with Crippen molar-refractivity contribution in [3.8, 4) is 22.6 Å². The van der Waals surface area contributed by atoms with Crippen LogP contribution in [0, 0.1) is 5.82 Å². The highest BCUT2D eigenvalue weighted by molar-refractivity contribution is 7.08. The molecular weight excluding hydrogens is 413 g/mol. The van der Waals surface area contributed by atoms with Crippen LogP contribution in [0.5, 0.6) is 0 Å². The largest absolute Gasteiger partial charge is 0.321 e. The van der Waals surface area contributed by atoms with Crippen LogP contribution in [0.2, 0.25) is 0 Å². The predicted molar refractivity (Wildman–Crippen MR) is 124 cm³/mol. The van der Waals surface area contributed by atoms with Gasteiger partial charge >= 0.3 is 0 Å². The number of hydrogen-bond donors (Lipinski definition) is 2. The molecule has 0 fully saturated rings. The fraction of sp³-hybridized carbons (Fsp3) is 0.0455. The monoisotopic (exact) mass is 429 g/mol. The van der Waals surface area contributed by atoms with Gasteiger partial charge in [0.05, 0.1) is 10.9 Å². The third-order valence-corrected chi connectivity index (χ3v) is 5.63. The van der Waals surface area contributed by atoms with Gasteiger partial charge in [-0.05, 0) is 59.8 Å². The van der Waals surface area contributed by atoms with Gasteiger partial charge in [-0.15, -0.1) is 0 Å². The van der Waals surface area contributed by atoms with E-state index < -0.39 is 5.82 Å². The maximum atomic E-state index is 15.5. The van der Waals surface area contributed by atoms with Crippen LogP contribution in [0.3, 0.4) is 0 Å². The smallest absolute Gasteiger partial charge is 0.161 e. The average Bonchev–Trinajstić information content (AvgIpc) is 3.52. The Morgan fingerprint density at radius 2 is 2.16 bits per heavy atom. The van der Waals surface area contributed by atoms with Gasteiger partial charge in [0, 0.05) is 23.5 Å². The number of rotatable bonds is 5. The SMILES string of the molecule is C=N/C=N\C=C(/C)c1ccc2[nH]nc(-c3nc4c(-c5ccsc5)ccnc4[nH]3)c2c1F. The summed E-state index contributed by atoms with van der Waals surface area (Å²) >= 11 is 1.61. The number of allylic oxidation sites excluding steroid dienone is 1. The zero-order valence-electron chi connectivity index (χ0n) is 16.4. The van der Waals surface area contributed by atoms with E-state index in [-0.39, 0.29) is 0 Å². The van der Waals surface area contributed by atoms with Crippen molar-refractivity contribution in [2.45, 2.75) is 6.92 Å². The molecule has 152 valence electrons. The first kappa shape index (κ1) is 19.0. The molecule has 0 aliphatic rings. The lowest BCUT2D eigenvalue weighted by molar-refractivity contribution is 0.636. The van der Waals surface area contributed by atoms with Crippen molar-refractivity contribution in [3.05, 3.63) is 58.8 Å². The van der Waals surface area contributed by atoms with Gasteiger partial charge in [-0.3, -0.25) is 10.1 Å². The molecule has 4 heterocycles. The topological polar surface area (TPSA) is 95.0 Å². The van der Waals surface area contributed by atoms with Gasteiger partial charge in [0.1, 0.15) is 23.4 Å². The second kappa shape index (κ2) is 7.69. The summed E-state index contributed by atoms with van der Waals surface area (Å²) in [6.07, 6.45) is 4.57. The summed E-state index contributed by atoms with van der Waals surface area (Å²) in [6.45, 7) is 5.12. The summed E-state index contributed by atoms with van der Waals surface area (Å²) < 4.78 is 15.5. The molecule has 7 nitrogen and oxygen atoms in total. The van der Waals surface area contributed by atoms with E-state index in [9.17, 15) is 0 Å². The molecule has 0 aliphatic carbocycles. The molecule has 4 aromatic heterocycles. The number of imidazole rings is 1. The van der Waals surface area contributed by atoms with E-state index in [1.54, 1.807) is 36.6 Å². The highest BCUT2D eigenvalue weighted by atomic mass is 32.1. The lowest BCUT2D eigenvalue weighted by atomic mass is 10.0. The summed E-state index contributed by atoms with van der Waals surface area (Å²) in [5.41, 5.74) is 5.40. The molecule has 2 N–H and O–H groups in total. The number of fused-ring (bicyclic) bond motifs is 2. The second-order valence-electron chi connectivity index (χ2n) is 6.83. The molecule has 1 aromatic carbocycles. The number of H-pyrrole nitrogens is 2. The van der Waals surface area contributed by atoms with E-state index in [1.165, 1.54) is 12.5 Å². The predicted octanol–water partition coefficient (Wildman–Crippen LogP) is 5.46. The van der Waals surface area contributed by atoms with Crippen LogP contribution in [-0.2, 0) is 0 Å². The minimum atomic E-state index is -0.400. The van der Waals surface area contributed by atoms with E-state index >= 15 is 4.39 Å². The summed E-state index contributed by atoms with van der Waals surface area (Å²) in [6, 6.07) is 7.43. The molecule has 0 saturated heterocycles. The molecule has 5 aromatic rings. The van der Waals surface area contributed by atoms with Crippen LogP contribution in [0.4, 0.5) is 4.39 Å². The number of nitrogens with zero attached hydrogens (tertiary/aromatic N) is 5. The van der Waals surface area contributed by atoms with E-state index in [4.69, 9.17) is 4.98 Å². The second-order valence-corrected chi connectivity index (χ2v) is 7.61. The summed E-state index contributed by atoms with van der Waals surface area (Å²) in [4.78, 5) is 19.8. The van der Waals surface area contributed by atoms with Crippen molar-refractivity contribution < 1.29 is 4.39 Å². The van der Waals surface area contributed by atoms with E-state index in [0.29, 0.717) is 44.7 Å². The third-order valence-electron chi connectivity index (χ3n) is 4.95. The number of pyridine rings is 1. The minimum absolute atomic E-state index is 0.354. The van der Waals surface area contributed by atoms with Gasteiger partial charge < -0.3 is 4.98 Å². The highest BCUT2D eigenvalue weighted by Crippen LogP contribution is 2.34. The molecule has 0 unspecified atom stereocenters. The van der Waals surface area contributed by atoms with Crippen LogP contribution in [0.15, 0.2) is 57.4 Å². The molecule has 0 aliphatic heterocycles. The fourth-order valence-electron chi connectivity index (χ4n) is 3.48. The van der Waals surface area contributed by atoms with Crippen LogP contribution in [0.25, 0.3) is 50.3 Å². The van der Waals surface area contributed by atoms with Crippen LogP contribution >= 0.6 is 11.3 Å². The number of hydrogen-bond acceptors (Lipinski definition) is 5. The number of halogens is 1. The molecule has 31 heavy (non-hydrogen) atoms. The number of thiophene rings is 1. The van der Waals surface area contributed by atoms with E-state index in [2.05, 4.69) is 42.2 Å². The number of aromatic amines is 2. The van der Waals surface area contributed by atoms with E-state index in [1.807, 2.05) is 17.5 Å². The first-order valence-electron chi connectivity index (χ1n) is 9.36. The Morgan fingerprint density at radius 1 is 1.26 bits per heavy atom. The first-order chi connectivity index (χ1) is 15.2. The van der Waals surface area contributed by atoms with Crippen LogP contribution in [0.1, 0.15) is 12.5 Å². The van der Waals surface area contributed by atoms with Gasteiger partial charge in [0.15, 0.2) is 11.5 Å². The number of aromatic nitrogens is 5. The standard InChI is InChI=1S/C22H16FN7S/c1-12(9-25-11-24-2)14-3-4-16-17(18(14)23)20(30-29-16)22-27-19-15(13-6-8-31-10-13)5-7-26-21(19)28-22/h3-11H,2H2,1H3,(H,29,30)(H,26,27,28)/b12-9+,25-11-. The summed E-state index contributed by atoms with van der Waals surface area (Å²) in [5.74, 6) is 0.0474. The van der Waals surface area contributed by atoms with Gasteiger partial charge in [-0.1, -0.05) is 0 Å². The zero-order chi connectivity index (χ0) is 21.4. The average molecular weight is 429 g/mol. The van der Waals surface area contributed by atoms with Crippen molar-refractivity contribution in [1.29, 1.82) is 0 Å². The lowest BCUT2D eigenvalue weighted by Crippen LogP contribution is -1.90. The zero-order valence-corrected chi connectivity index (χ0v) is 17.2. The van der Waals surface area contributed by atoms with Gasteiger partial charge in [-0.2, -0.15) is 16.4 Å². The normalized spacial score (nSPS) is 12.4. The van der Waals surface area contributed by atoms with Gasteiger partial charge in [-0.25, -0.2) is 19.4 Å². The first-order valence-corrected chi connectivity index (χ1v) is 10.3. The van der Waals surface area contributed by atoms with Gasteiger partial charge in [0.25, 0.3) is 0 Å². The maximum Gasteiger partial charge on any atom is 0.161 e. The molecule has 5 rings (SSSR count). The quantitative estimate of drug-likeness (QED) is 0.287. The van der Waals surface area contributed by atoms with Crippen molar-refractivity contribution in [2.75, 3.05) is 0 Å². The van der Waals surface area contributed by atoms with Crippen LogP contribution < -0.4 is 0 Å². The Balaban J connectivity index is 1.67. The molecule has 0 atom stereocenters. The Bertz CT molecular complexity index is 1470. The van der Waals surface area contributed by atoms with Crippen molar-refractivity contribution >= 4 is 52.0 Å². The molecule has 0 bridgehead atoms. The van der Waals surface area contributed by atoms with Gasteiger partial charge in [0.2, 0.25) is 0 Å². The Labute approximate surface area is 180 Å². The number of nitrogens with one attached hydrogen (secondary N) is 2. The lowest BCUT2D eigenvalue weighted by Gasteiger charge is -2.04. The summed E-state index contributed by atoms with van der Waals surface area (Å²) in [5, 5.41) is 11.6. The van der Waals surface area contributed by atoms with Crippen molar-refractivity contribution in [3.63, 3.8) is 0 Å².